The summed E-state index contributed by atoms with van der Waals surface area (Å²) in [5.41, 5.74) is 0.269. The van der Waals surface area contributed by atoms with Crippen LogP contribution in [-0.4, -0.2) is 39.4 Å². The molecule has 0 aromatic heterocycles. The van der Waals surface area contributed by atoms with Gasteiger partial charge in [-0.3, -0.25) is 4.79 Å². The van der Waals surface area contributed by atoms with Gasteiger partial charge in [-0.15, -0.1) is 0 Å². The second-order valence-electron chi connectivity index (χ2n) is 7.01. The summed E-state index contributed by atoms with van der Waals surface area (Å²) < 4.78 is 7.92. The van der Waals surface area contributed by atoms with Gasteiger partial charge in [0.05, 0.1) is 17.7 Å². The highest BCUT2D eigenvalue weighted by atomic mass is 32.2. The van der Waals surface area contributed by atoms with Crippen molar-refractivity contribution >= 4 is 17.2 Å². The van der Waals surface area contributed by atoms with Gasteiger partial charge in [0, 0.05) is 30.6 Å². The number of carbonyl (C=O) groups is 1. The maximum absolute atomic E-state index is 12.5. The van der Waals surface area contributed by atoms with E-state index < -0.39 is 17.7 Å². The molecular weight excluding hydrogens is 338 g/mol. The van der Waals surface area contributed by atoms with Crippen molar-refractivity contribution in [3.8, 4) is 11.8 Å². The van der Waals surface area contributed by atoms with Crippen molar-refractivity contribution in [1.82, 2.24) is 9.62 Å². The number of aliphatic hydroxyl groups is 1. The van der Waals surface area contributed by atoms with E-state index in [0.29, 0.717) is 16.9 Å². The number of carbonyl (C=O) groups excluding carboxylic acids is 1. The summed E-state index contributed by atoms with van der Waals surface area (Å²) in [7, 11) is 0. The highest BCUT2D eigenvalue weighted by molar-refractivity contribution is 8.11. The number of nitrogens with one attached hydrogen (secondary N) is 1. The van der Waals surface area contributed by atoms with Crippen LogP contribution < -0.4 is 10.1 Å². The zero-order chi connectivity index (χ0) is 18.0. The molecule has 1 amide bonds. The molecule has 0 bridgehead atoms. The van der Waals surface area contributed by atoms with Crippen LogP contribution in [0.25, 0.3) is 0 Å². The fraction of sp³-hybridized carbons (Fsp3) is 0.556. The quantitative estimate of drug-likeness (QED) is 0.788. The number of aliphatic hydroxyl groups excluding tert-OH is 1. The first kappa shape index (κ1) is 18.1. The van der Waals surface area contributed by atoms with Gasteiger partial charge in [0.1, 0.15) is 17.5 Å². The molecule has 0 saturated carbocycles. The minimum absolute atomic E-state index is 0.197. The van der Waals surface area contributed by atoms with E-state index in [2.05, 4.69) is 15.7 Å². The molecule has 2 atom stereocenters. The summed E-state index contributed by atoms with van der Waals surface area (Å²) in [5, 5.41) is 22.6. The van der Waals surface area contributed by atoms with E-state index >= 15 is 0 Å². The predicted molar refractivity (Wildman–Crippen MR) is 96.2 cm³/mol. The van der Waals surface area contributed by atoms with Gasteiger partial charge in [-0.05, 0) is 44.9 Å². The van der Waals surface area contributed by atoms with Crippen molar-refractivity contribution in [2.75, 3.05) is 13.1 Å². The molecule has 3 rings (SSSR count). The van der Waals surface area contributed by atoms with Crippen LogP contribution in [0.3, 0.4) is 0 Å². The number of amides is 1. The number of fused-ring (bicyclic) bond motifs is 1. The number of piperidine rings is 1. The van der Waals surface area contributed by atoms with Gasteiger partial charge in [0.25, 0.3) is 5.24 Å². The second kappa shape index (κ2) is 7.24. The largest absolute Gasteiger partial charge is 0.485 e. The van der Waals surface area contributed by atoms with Crippen LogP contribution >= 0.6 is 11.9 Å². The standard InChI is InChI=1S/C18H23N3O3S/c1-18(2)16(22)15(13-10-12(11-19)6-7-14(13)24-18)20-17(23)25-21-8-4-3-5-9-21/h6-7,10,15-16,22H,3-5,8-9H2,1-2H3,(H,20,23). The average molecular weight is 361 g/mol. The Hall–Kier alpha value is -1.75. The number of ether oxygens (including phenoxy) is 1. The molecule has 2 unspecified atom stereocenters. The topological polar surface area (TPSA) is 85.6 Å². The van der Waals surface area contributed by atoms with Crippen LogP contribution in [0, 0.1) is 11.3 Å². The van der Waals surface area contributed by atoms with Crippen LogP contribution in [-0.2, 0) is 0 Å². The van der Waals surface area contributed by atoms with Crippen LogP contribution in [0.15, 0.2) is 18.2 Å². The highest BCUT2D eigenvalue weighted by Crippen LogP contribution is 2.40. The lowest BCUT2D eigenvalue weighted by atomic mass is 9.86. The molecule has 1 saturated heterocycles. The number of rotatable bonds is 2. The molecule has 0 radical (unpaired) electrons. The number of benzene rings is 1. The van der Waals surface area contributed by atoms with Crippen molar-refractivity contribution in [2.24, 2.45) is 0 Å². The fourth-order valence-corrected chi connectivity index (χ4v) is 4.11. The minimum atomic E-state index is -0.917. The Kier molecular flexibility index (Phi) is 5.23. The molecule has 0 spiro atoms. The van der Waals surface area contributed by atoms with Crippen molar-refractivity contribution in [2.45, 2.75) is 50.9 Å². The van der Waals surface area contributed by atoms with E-state index in [-0.39, 0.29) is 5.24 Å². The molecule has 25 heavy (non-hydrogen) atoms. The summed E-state index contributed by atoms with van der Waals surface area (Å²) in [5.74, 6) is 0.586. The third-order valence-electron chi connectivity index (χ3n) is 4.68. The molecule has 1 aromatic carbocycles. The lowest BCUT2D eigenvalue weighted by molar-refractivity contribution is -0.0616. The summed E-state index contributed by atoms with van der Waals surface area (Å²) in [6.07, 6.45) is 2.48. The first-order valence-electron chi connectivity index (χ1n) is 8.55. The Morgan fingerprint density at radius 3 is 2.80 bits per heavy atom. The van der Waals surface area contributed by atoms with Crippen LogP contribution in [0.5, 0.6) is 5.75 Å². The van der Waals surface area contributed by atoms with Crippen molar-refractivity contribution in [3.05, 3.63) is 29.3 Å². The first-order chi connectivity index (χ1) is 11.9. The summed E-state index contributed by atoms with van der Waals surface area (Å²) in [6.45, 7) is 5.37. The Labute approximate surface area is 152 Å². The smallest absolute Gasteiger partial charge is 0.294 e. The van der Waals surface area contributed by atoms with E-state index in [1.165, 1.54) is 18.4 Å². The van der Waals surface area contributed by atoms with Crippen LogP contribution in [0.4, 0.5) is 4.79 Å². The van der Waals surface area contributed by atoms with E-state index in [1.807, 2.05) is 0 Å². The zero-order valence-electron chi connectivity index (χ0n) is 14.5. The van der Waals surface area contributed by atoms with Gasteiger partial charge in [0.15, 0.2) is 0 Å². The molecular formula is C18H23N3O3S. The number of hydrogen-bond donors (Lipinski definition) is 2. The molecule has 2 N–H and O–H groups in total. The Morgan fingerprint density at radius 2 is 2.12 bits per heavy atom. The number of nitrogens with zero attached hydrogens (tertiary/aromatic N) is 2. The first-order valence-corrected chi connectivity index (χ1v) is 9.32. The second-order valence-corrected chi connectivity index (χ2v) is 8.07. The molecule has 7 heteroatoms. The lowest BCUT2D eigenvalue weighted by Crippen LogP contribution is -2.53. The molecule has 0 aliphatic carbocycles. The monoisotopic (exact) mass is 361 g/mol. The summed E-state index contributed by atoms with van der Waals surface area (Å²) in [4.78, 5) is 12.5. The third kappa shape index (κ3) is 3.92. The van der Waals surface area contributed by atoms with E-state index in [1.54, 1.807) is 32.0 Å². The molecule has 1 aromatic rings. The Morgan fingerprint density at radius 1 is 1.40 bits per heavy atom. The normalized spacial score (nSPS) is 25.4. The zero-order valence-corrected chi connectivity index (χ0v) is 15.3. The molecule has 2 heterocycles. The fourth-order valence-electron chi connectivity index (χ4n) is 3.25. The maximum Gasteiger partial charge on any atom is 0.294 e. The van der Waals surface area contributed by atoms with Gasteiger partial charge >= 0.3 is 0 Å². The Balaban J connectivity index is 1.81. The van der Waals surface area contributed by atoms with E-state index in [9.17, 15) is 9.90 Å². The van der Waals surface area contributed by atoms with Crippen molar-refractivity contribution < 1.29 is 14.6 Å². The van der Waals surface area contributed by atoms with Gasteiger partial charge < -0.3 is 15.2 Å². The summed E-state index contributed by atoms with van der Waals surface area (Å²) in [6, 6.07) is 6.54. The van der Waals surface area contributed by atoms with E-state index in [4.69, 9.17) is 10.00 Å². The molecule has 134 valence electrons. The summed E-state index contributed by atoms with van der Waals surface area (Å²) >= 11 is 1.17. The molecule has 2 aliphatic heterocycles. The van der Waals surface area contributed by atoms with Gasteiger partial charge in [-0.2, -0.15) is 5.26 Å². The molecule has 1 fully saturated rings. The van der Waals surface area contributed by atoms with Gasteiger partial charge in [-0.1, -0.05) is 6.42 Å². The van der Waals surface area contributed by atoms with Crippen molar-refractivity contribution in [1.29, 1.82) is 5.26 Å². The lowest BCUT2D eigenvalue weighted by Gasteiger charge is -2.42. The predicted octanol–water partition coefficient (Wildman–Crippen LogP) is 2.97. The minimum Gasteiger partial charge on any atom is -0.485 e. The maximum atomic E-state index is 12.5. The Bertz CT molecular complexity index is 695. The van der Waals surface area contributed by atoms with Gasteiger partial charge in [-0.25, -0.2) is 4.31 Å². The third-order valence-corrected chi connectivity index (χ3v) is 5.58. The van der Waals surface area contributed by atoms with Crippen LogP contribution in [0.2, 0.25) is 0 Å². The average Bonchev–Trinajstić information content (AvgIpc) is 2.59. The van der Waals surface area contributed by atoms with Gasteiger partial charge in [0.2, 0.25) is 0 Å². The number of hydrogen-bond acceptors (Lipinski definition) is 6. The molecule has 6 nitrogen and oxygen atoms in total. The molecule has 2 aliphatic rings. The highest BCUT2D eigenvalue weighted by Gasteiger charge is 2.43. The van der Waals surface area contributed by atoms with E-state index in [0.717, 1.165) is 25.9 Å². The van der Waals surface area contributed by atoms with Crippen molar-refractivity contribution in [3.63, 3.8) is 0 Å². The van der Waals surface area contributed by atoms with Crippen LogP contribution in [0.1, 0.15) is 50.3 Å². The number of nitriles is 1. The SMILES string of the molecule is CC1(C)Oc2ccc(C#N)cc2C(NC(=O)SN2CCCCC2)C1O.